The Morgan fingerprint density at radius 2 is 1.73 bits per heavy atom. The van der Waals surface area contributed by atoms with E-state index < -0.39 is 0 Å². The number of hydrogen-bond acceptors (Lipinski definition) is 6. The molecule has 3 saturated heterocycles. The van der Waals surface area contributed by atoms with E-state index in [0.29, 0.717) is 17.7 Å². The number of carbonyl (C=O) groups excluding carboxylic acids is 1. The summed E-state index contributed by atoms with van der Waals surface area (Å²) >= 11 is 0. The van der Waals surface area contributed by atoms with Crippen LogP contribution in [0.1, 0.15) is 18.4 Å². The zero-order valence-electron chi connectivity index (χ0n) is 22.7. The highest BCUT2D eigenvalue weighted by molar-refractivity contribution is 5.87. The highest BCUT2D eigenvalue weighted by Gasteiger charge is 2.40. The molecule has 6 heterocycles. The molecular weight excluding hydrogens is 510 g/mol. The summed E-state index contributed by atoms with van der Waals surface area (Å²) in [7, 11) is 0. The number of benzene rings is 2. The second-order valence-electron chi connectivity index (χ2n) is 10.8. The Balaban J connectivity index is 1.24. The van der Waals surface area contributed by atoms with Crippen molar-refractivity contribution < 1.29 is 4.79 Å². The van der Waals surface area contributed by atoms with Gasteiger partial charge in [-0.15, -0.1) is 0 Å². The SMILES string of the molecule is C=CC(=O)N1C[C@H]2CC[C@H]1CN2Cc1ccc(-n2c(-c3cccnc3N)nc3ccc(-c4ccccc4)nc32)cc1. The van der Waals surface area contributed by atoms with E-state index in [4.69, 9.17) is 15.7 Å². The summed E-state index contributed by atoms with van der Waals surface area (Å²) in [5.74, 6) is 1.18. The maximum Gasteiger partial charge on any atom is 0.246 e. The van der Waals surface area contributed by atoms with Crippen LogP contribution in [0.5, 0.6) is 0 Å². The summed E-state index contributed by atoms with van der Waals surface area (Å²) in [5.41, 5.74) is 12.7. The van der Waals surface area contributed by atoms with E-state index >= 15 is 0 Å². The third-order valence-corrected chi connectivity index (χ3v) is 8.33. The van der Waals surface area contributed by atoms with Crippen LogP contribution in [0.25, 0.3) is 39.5 Å². The first-order valence-corrected chi connectivity index (χ1v) is 14.0. The fourth-order valence-corrected chi connectivity index (χ4v) is 6.24. The van der Waals surface area contributed by atoms with Gasteiger partial charge in [-0.3, -0.25) is 14.3 Å². The second-order valence-corrected chi connectivity index (χ2v) is 10.8. The number of amides is 1. The molecule has 41 heavy (non-hydrogen) atoms. The molecule has 2 atom stereocenters. The number of piperazine rings is 1. The molecule has 0 aliphatic carbocycles. The molecule has 8 rings (SSSR count). The number of pyridine rings is 2. The Labute approximate surface area is 238 Å². The first-order valence-electron chi connectivity index (χ1n) is 14.0. The highest BCUT2D eigenvalue weighted by atomic mass is 16.2. The van der Waals surface area contributed by atoms with Crippen molar-refractivity contribution in [2.24, 2.45) is 0 Å². The standard InChI is InChI=1S/C33H31N7O/c1-2-30(41)39-21-25-14-15-26(39)20-38(25)19-22-10-12-24(13-11-22)40-32(27-9-6-18-35-31(27)34)37-29-17-16-28(36-33(29)40)23-7-4-3-5-8-23/h2-13,16-18,25-26H,1,14-15,19-21H2,(H2,34,35)/t25-,26+/m1/s1. The van der Waals surface area contributed by atoms with Crippen LogP contribution < -0.4 is 5.73 Å². The van der Waals surface area contributed by atoms with Crippen LogP contribution in [0, 0.1) is 0 Å². The van der Waals surface area contributed by atoms with Gasteiger partial charge in [-0.25, -0.2) is 15.0 Å². The molecule has 3 aromatic heterocycles. The Kier molecular flexibility index (Phi) is 6.32. The maximum absolute atomic E-state index is 12.3. The van der Waals surface area contributed by atoms with Gasteiger partial charge in [0.1, 0.15) is 11.3 Å². The average Bonchev–Trinajstić information content (AvgIpc) is 3.40. The molecule has 0 saturated carbocycles. The fraction of sp³-hybridized carbons (Fsp3) is 0.212. The van der Waals surface area contributed by atoms with Gasteiger partial charge in [0.2, 0.25) is 5.91 Å². The van der Waals surface area contributed by atoms with Crippen molar-refractivity contribution in [2.75, 3.05) is 18.8 Å². The molecule has 5 aromatic rings. The molecule has 1 amide bonds. The first-order chi connectivity index (χ1) is 20.1. The van der Waals surface area contributed by atoms with E-state index in [-0.39, 0.29) is 11.9 Å². The number of fused-ring (bicyclic) bond motifs is 4. The summed E-state index contributed by atoms with van der Waals surface area (Å²) in [4.78, 5) is 31.1. The van der Waals surface area contributed by atoms with Gasteiger partial charge in [0.05, 0.1) is 11.3 Å². The van der Waals surface area contributed by atoms with Crippen molar-refractivity contribution in [1.82, 2.24) is 29.3 Å². The smallest absolute Gasteiger partial charge is 0.246 e. The van der Waals surface area contributed by atoms with Crippen LogP contribution in [-0.2, 0) is 11.3 Å². The monoisotopic (exact) mass is 541 g/mol. The zero-order chi connectivity index (χ0) is 27.9. The normalized spacial score (nSPS) is 18.6. The Bertz CT molecular complexity index is 1750. The van der Waals surface area contributed by atoms with Gasteiger partial charge in [0.15, 0.2) is 11.5 Å². The number of aromatic nitrogens is 4. The van der Waals surface area contributed by atoms with Crippen LogP contribution >= 0.6 is 0 Å². The number of piperidine rings is 2. The number of carbonyl (C=O) groups is 1. The fourth-order valence-electron chi connectivity index (χ4n) is 6.24. The average molecular weight is 542 g/mol. The molecule has 2 N–H and O–H groups in total. The Morgan fingerprint density at radius 1 is 0.927 bits per heavy atom. The van der Waals surface area contributed by atoms with Crippen molar-refractivity contribution in [3.63, 3.8) is 0 Å². The molecule has 8 nitrogen and oxygen atoms in total. The van der Waals surface area contributed by atoms with Crippen LogP contribution in [0.2, 0.25) is 0 Å². The van der Waals surface area contributed by atoms with Crippen LogP contribution in [-0.4, -0.2) is 60.4 Å². The molecule has 204 valence electrons. The summed E-state index contributed by atoms with van der Waals surface area (Å²) in [6.45, 7) is 6.20. The van der Waals surface area contributed by atoms with E-state index in [1.165, 1.54) is 11.6 Å². The van der Waals surface area contributed by atoms with E-state index in [9.17, 15) is 4.79 Å². The topological polar surface area (TPSA) is 93.2 Å². The third kappa shape index (κ3) is 4.56. The maximum atomic E-state index is 12.3. The van der Waals surface area contributed by atoms with Gasteiger partial charge in [-0.1, -0.05) is 49.0 Å². The molecule has 8 heteroatoms. The molecule has 0 unspecified atom stereocenters. The third-order valence-electron chi connectivity index (χ3n) is 8.33. The highest BCUT2D eigenvalue weighted by Crippen LogP contribution is 2.33. The summed E-state index contributed by atoms with van der Waals surface area (Å²) in [5, 5.41) is 0. The second kappa shape index (κ2) is 10.3. The van der Waals surface area contributed by atoms with Crippen LogP contribution in [0.4, 0.5) is 5.82 Å². The van der Waals surface area contributed by atoms with Gasteiger partial charge >= 0.3 is 0 Å². The predicted molar refractivity (Wildman–Crippen MR) is 161 cm³/mol. The number of imidazole rings is 1. The first kappa shape index (κ1) is 25.2. The molecule has 0 radical (unpaired) electrons. The summed E-state index contributed by atoms with van der Waals surface area (Å²) < 4.78 is 2.07. The van der Waals surface area contributed by atoms with Gasteiger partial charge in [0.25, 0.3) is 0 Å². The number of rotatable bonds is 6. The number of nitrogens with two attached hydrogens (primary N) is 1. The molecule has 2 aromatic carbocycles. The van der Waals surface area contributed by atoms with Crippen LogP contribution in [0.15, 0.2) is 97.7 Å². The van der Waals surface area contributed by atoms with Crippen molar-refractivity contribution in [2.45, 2.75) is 31.5 Å². The van der Waals surface area contributed by atoms with E-state index in [1.807, 2.05) is 47.4 Å². The van der Waals surface area contributed by atoms with Gasteiger partial charge < -0.3 is 10.6 Å². The molecule has 2 bridgehead atoms. The lowest BCUT2D eigenvalue weighted by atomic mass is 9.90. The largest absolute Gasteiger partial charge is 0.383 e. The molecule has 3 aliphatic rings. The minimum Gasteiger partial charge on any atom is -0.383 e. The van der Waals surface area contributed by atoms with Gasteiger partial charge in [-0.05, 0) is 60.9 Å². The van der Waals surface area contributed by atoms with Crippen molar-refractivity contribution in [3.05, 3.63) is 103 Å². The minimum absolute atomic E-state index is 0.0466. The Morgan fingerprint density at radius 3 is 2.46 bits per heavy atom. The molecule has 3 aliphatic heterocycles. The lowest BCUT2D eigenvalue weighted by Gasteiger charge is -2.51. The lowest BCUT2D eigenvalue weighted by Crippen LogP contribution is -2.63. The molecular formula is C33H31N7O. The number of nitrogens with zero attached hydrogens (tertiary/aromatic N) is 6. The van der Waals surface area contributed by atoms with E-state index in [1.54, 1.807) is 6.20 Å². The van der Waals surface area contributed by atoms with Crippen molar-refractivity contribution in [3.8, 4) is 28.3 Å². The quantitative estimate of drug-likeness (QED) is 0.301. The molecule has 3 fully saturated rings. The zero-order valence-corrected chi connectivity index (χ0v) is 22.7. The summed E-state index contributed by atoms with van der Waals surface area (Å²) in [6, 6.07) is 27.2. The Hall–Kier alpha value is -4.82. The van der Waals surface area contributed by atoms with E-state index in [2.05, 4.69) is 57.4 Å². The summed E-state index contributed by atoms with van der Waals surface area (Å²) in [6.07, 6.45) is 5.31. The molecule has 0 spiro atoms. The number of nitrogen functional groups attached to an aromatic ring is 1. The number of anilines is 1. The van der Waals surface area contributed by atoms with Crippen molar-refractivity contribution >= 4 is 22.9 Å². The van der Waals surface area contributed by atoms with Gasteiger partial charge in [-0.2, -0.15) is 0 Å². The van der Waals surface area contributed by atoms with Crippen molar-refractivity contribution in [1.29, 1.82) is 0 Å². The van der Waals surface area contributed by atoms with E-state index in [0.717, 1.165) is 66.1 Å². The van der Waals surface area contributed by atoms with Gasteiger partial charge in [0, 0.05) is 49.2 Å². The predicted octanol–water partition coefficient (Wildman–Crippen LogP) is 5.09. The lowest BCUT2D eigenvalue weighted by molar-refractivity contribution is -0.136. The van der Waals surface area contributed by atoms with Crippen LogP contribution in [0.3, 0.4) is 0 Å². The minimum atomic E-state index is 0.0466. The number of hydrogen-bond donors (Lipinski definition) is 1.